The molecule has 6 nitrogen and oxygen atoms in total. The average molecular weight is 419 g/mol. The molecule has 0 radical (unpaired) electrons. The zero-order valence-electron chi connectivity index (χ0n) is 17.5. The van der Waals surface area contributed by atoms with Gasteiger partial charge in [0.1, 0.15) is 11.8 Å². The van der Waals surface area contributed by atoms with Crippen LogP contribution in [0.5, 0.6) is 5.75 Å². The van der Waals surface area contributed by atoms with Crippen LogP contribution in [0.3, 0.4) is 0 Å². The van der Waals surface area contributed by atoms with Gasteiger partial charge in [-0.2, -0.15) is 0 Å². The highest BCUT2D eigenvalue weighted by atomic mass is 32.2. The third kappa shape index (κ3) is 6.22. The minimum atomic E-state index is -3.61. The number of anilines is 1. The summed E-state index contributed by atoms with van der Waals surface area (Å²) in [5.74, 6) is 0.534. The van der Waals surface area contributed by atoms with Gasteiger partial charge in [-0.1, -0.05) is 42.8 Å². The van der Waals surface area contributed by atoms with E-state index in [9.17, 15) is 13.2 Å². The molecule has 2 aromatic rings. The van der Waals surface area contributed by atoms with Gasteiger partial charge in [-0.25, -0.2) is 8.42 Å². The Morgan fingerprint density at radius 1 is 1.14 bits per heavy atom. The van der Waals surface area contributed by atoms with Gasteiger partial charge in [0.15, 0.2) is 0 Å². The quantitative estimate of drug-likeness (QED) is 0.601. The number of hydrogen-bond donors (Lipinski definition) is 1. The number of nitrogens with one attached hydrogen (secondary N) is 1. The van der Waals surface area contributed by atoms with Crippen molar-refractivity contribution in [1.29, 1.82) is 0 Å². The summed E-state index contributed by atoms with van der Waals surface area (Å²) >= 11 is 0. The van der Waals surface area contributed by atoms with E-state index in [0.29, 0.717) is 18.7 Å². The lowest BCUT2D eigenvalue weighted by atomic mass is 10.1. The van der Waals surface area contributed by atoms with E-state index in [1.54, 1.807) is 19.2 Å². The second-order valence-corrected chi connectivity index (χ2v) is 8.88. The van der Waals surface area contributed by atoms with Crippen LogP contribution in [-0.4, -0.2) is 40.3 Å². The van der Waals surface area contributed by atoms with Crippen molar-refractivity contribution in [2.24, 2.45) is 0 Å². The predicted octanol–water partition coefficient (Wildman–Crippen LogP) is 3.30. The molecule has 7 heteroatoms. The van der Waals surface area contributed by atoms with Crippen molar-refractivity contribution >= 4 is 21.6 Å². The van der Waals surface area contributed by atoms with E-state index in [1.165, 1.54) is 4.31 Å². The molecule has 1 N–H and O–H groups in total. The third-order valence-corrected chi connectivity index (χ3v) is 5.91. The molecule has 1 atom stereocenters. The van der Waals surface area contributed by atoms with Crippen molar-refractivity contribution in [3.8, 4) is 5.75 Å². The number of nitrogens with zero attached hydrogens (tertiary/aromatic N) is 1. The van der Waals surface area contributed by atoms with Gasteiger partial charge >= 0.3 is 0 Å². The summed E-state index contributed by atoms with van der Waals surface area (Å²) in [4.78, 5) is 12.8. The molecule has 0 bridgehead atoms. The number of ether oxygens (including phenoxy) is 1. The fourth-order valence-corrected chi connectivity index (χ4v) is 4.48. The van der Waals surface area contributed by atoms with E-state index in [1.807, 2.05) is 50.2 Å². The number of hydrogen-bond acceptors (Lipinski definition) is 4. The van der Waals surface area contributed by atoms with Gasteiger partial charge in [0, 0.05) is 6.54 Å². The lowest BCUT2D eigenvalue weighted by Gasteiger charge is -2.30. The number of carbonyl (C=O) groups excluding carboxylic acids is 1. The first-order valence-electron chi connectivity index (χ1n) is 9.73. The van der Waals surface area contributed by atoms with Crippen LogP contribution < -0.4 is 14.4 Å². The highest BCUT2D eigenvalue weighted by molar-refractivity contribution is 7.92. The summed E-state index contributed by atoms with van der Waals surface area (Å²) < 4.78 is 31.4. The molecule has 2 aromatic carbocycles. The SMILES string of the molecule is CCC(C(=O)NCCCc1ccccc1OC)N(c1ccc(C)cc1)S(C)(=O)=O. The maximum atomic E-state index is 12.8. The van der Waals surface area contributed by atoms with Gasteiger partial charge in [-0.3, -0.25) is 9.10 Å². The van der Waals surface area contributed by atoms with E-state index in [4.69, 9.17) is 4.74 Å². The van der Waals surface area contributed by atoms with Crippen molar-refractivity contribution < 1.29 is 17.9 Å². The van der Waals surface area contributed by atoms with Crippen molar-refractivity contribution in [2.75, 3.05) is 24.2 Å². The number of carbonyl (C=O) groups is 1. The van der Waals surface area contributed by atoms with E-state index < -0.39 is 16.1 Å². The maximum absolute atomic E-state index is 12.8. The Labute approximate surface area is 173 Å². The molecule has 0 saturated heterocycles. The smallest absolute Gasteiger partial charge is 0.243 e. The highest BCUT2D eigenvalue weighted by Crippen LogP contribution is 2.23. The van der Waals surface area contributed by atoms with E-state index >= 15 is 0 Å². The Bertz CT molecular complexity index is 911. The number of sulfonamides is 1. The molecule has 0 spiro atoms. The Morgan fingerprint density at radius 2 is 1.79 bits per heavy atom. The third-order valence-electron chi connectivity index (χ3n) is 4.73. The molecular formula is C22H30N2O4S. The molecule has 158 valence electrons. The minimum Gasteiger partial charge on any atom is -0.496 e. The molecule has 0 aliphatic carbocycles. The lowest BCUT2D eigenvalue weighted by Crippen LogP contribution is -2.49. The topological polar surface area (TPSA) is 75.7 Å². The Balaban J connectivity index is 2.04. The normalized spacial score (nSPS) is 12.3. The number of aryl methyl sites for hydroxylation is 2. The van der Waals surface area contributed by atoms with E-state index in [2.05, 4.69) is 5.32 Å². The van der Waals surface area contributed by atoms with Gasteiger partial charge in [0.25, 0.3) is 0 Å². The van der Waals surface area contributed by atoms with Gasteiger partial charge in [0.05, 0.1) is 19.1 Å². The van der Waals surface area contributed by atoms with E-state index in [-0.39, 0.29) is 5.91 Å². The van der Waals surface area contributed by atoms with Gasteiger partial charge < -0.3 is 10.1 Å². The van der Waals surface area contributed by atoms with Crippen LogP contribution >= 0.6 is 0 Å². The van der Waals surface area contributed by atoms with Crippen molar-refractivity contribution in [3.05, 3.63) is 59.7 Å². The van der Waals surface area contributed by atoms with E-state index in [0.717, 1.165) is 36.0 Å². The Morgan fingerprint density at radius 3 is 2.38 bits per heavy atom. The first-order chi connectivity index (χ1) is 13.8. The molecule has 2 rings (SSSR count). The summed E-state index contributed by atoms with van der Waals surface area (Å²) in [5, 5.41) is 2.89. The van der Waals surface area contributed by atoms with Crippen molar-refractivity contribution in [1.82, 2.24) is 5.32 Å². The average Bonchev–Trinajstić information content (AvgIpc) is 2.69. The molecule has 1 amide bonds. The highest BCUT2D eigenvalue weighted by Gasteiger charge is 2.31. The first kappa shape index (κ1) is 22.7. The van der Waals surface area contributed by atoms with Crippen LogP contribution in [0.2, 0.25) is 0 Å². The van der Waals surface area contributed by atoms with Crippen molar-refractivity contribution in [3.63, 3.8) is 0 Å². The molecule has 0 fully saturated rings. The van der Waals surface area contributed by atoms with Crippen molar-refractivity contribution in [2.45, 2.75) is 39.2 Å². The van der Waals surface area contributed by atoms with Crippen LogP contribution in [0.25, 0.3) is 0 Å². The number of methoxy groups -OCH3 is 1. The minimum absolute atomic E-state index is 0.293. The van der Waals surface area contributed by atoms with Crippen LogP contribution in [0.15, 0.2) is 48.5 Å². The number of benzene rings is 2. The molecule has 0 aliphatic heterocycles. The second-order valence-electron chi connectivity index (χ2n) is 7.02. The molecule has 29 heavy (non-hydrogen) atoms. The number of para-hydroxylation sites is 1. The fourth-order valence-electron chi connectivity index (χ4n) is 3.27. The Hall–Kier alpha value is -2.54. The van der Waals surface area contributed by atoms with Gasteiger partial charge in [-0.05, 0) is 49.9 Å². The number of amides is 1. The van der Waals surface area contributed by atoms with Crippen LogP contribution in [0.1, 0.15) is 30.9 Å². The monoisotopic (exact) mass is 418 g/mol. The summed E-state index contributed by atoms with van der Waals surface area (Å²) in [6.07, 6.45) is 2.99. The first-order valence-corrected chi connectivity index (χ1v) is 11.6. The fraction of sp³-hybridized carbons (Fsp3) is 0.409. The molecule has 0 aromatic heterocycles. The maximum Gasteiger partial charge on any atom is 0.243 e. The predicted molar refractivity (Wildman–Crippen MR) is 117 cm³/mol. The van der Waals surface area contributed by atoms with Crippen LogP contribution in [0, 0.1) is 6.92 Å². The molecule has 0 saturated carbocycles. The van der Waals surface area contributed by atoms with Crippen LogP contribution in [0.4, 0.5) is 5.69 Å². The standard InChI is InChI=1S/C22H30N2O4S/c1-5-20(24(29(4,26)27)19-14-12-17(2)13-15-19)22(25)23-16-8-10-18-9-6-7-11-21(18)28-3/h6-7,9,11-15,20H,5,8,10,16H2,1-4H3,(H,23,25). The largest absolute Gasteiger partial charge is 0.496 e. The molecule has 0 heterocycles. The zero-order valence-corrected chi connectivity index (χ0v) is 18.3. The second kappa shape index (κ2) is 10.3. The van der Waals surface area contributed by atoms with Crippen LogP contribution in [-0.2, 0) is 21.2 Å². The molecular weight excluding hydrogens is 388 g/mol. The number of rotatable bonds is 10. The summed E-state index contributed by atoms with van der Waals surface area (Å²) in [5.41, 5.74) is 2.60. The Kier molecular flexibility index (Phi) is 8.08. The van der Waals surface area contributed by atoms with Gasteiger partial charge in [0.2, 0.25) is 15.9 Å². The summed E-state index contributed by atoms with van der Waals surface area (Å²) in [6, 6.07) is 14.1. The van der Waals surface area contributed by atoms with Gasteiger partial charge in [-0.15, -0.1) is 0 Å². The molecule has 1 unspecified atom stereocenters. The zero-order chi connectivity index (χ0) is 21.4. The summed E-state index contributed by atoms with van der Waals surface area (Å²) in [6.45, 7) is 4.20. The molecule has 0 aliphatic rings. The lowest BCUT2D eigenvalue weighted by molar-refractivity contribution is -0.122. The summed E-state index contributed by atoms with van der Waals surface area (Å²) in [7, 11) is -1.98.